The molecular formula is C9H9BrN2O. The highest BCUT2D eigenvalue weighted by atomic mass is 79.9. The largest absolute Gasteiger partial charge is 0.394 e. The lowest BCUT2D eigenvalue weighted by molar-refractivity contribution is 0.267. The molecule has 1 atom stereocenters. The van der Waals surface area contributed by atoms with E-state index >= 15 is 0 Å². The van der Waals surface area contributed by atoms with Crippen molar-refractivity contribution in [1.29, 1.82) is 5.26 Å². The second kappa shape index (κ2) is 4.38. The van der Waals surface area contributed by atoms with Crippen molar-refractivity contribution < 1.29 is 5.11 Å². The first-order valence-corrected chi connectivity index (χ1v) is 4.54. The van der Waals surface area contributed by atoms with Crippen molar-refractivity contribution >= 4 is 15.9 Å². The number of nitrogens with zero attached hydrogens (tertiary/aromatic N) is 1. The number of hydrogen-bond donors (Lipinski definition) is 2. The number of aliphatic hydroxyl groups excluding tert-OH is 1. The minimum absolute atomic E-state index is 0.107. The summed E-state index contributed by atoms with van der Waals surface area (Å²) in [6.07, 6.45) is 0. The maximum absolute atomic E-state index is 8.83. The minimum atomic E-state index is -0.401. The monoisotopic (exact) mass is 240 g/mol. The topological polar surface area (TPSA) is 70.0 Å². The van der Waals surface area contributed by atoms with Crippen molar-refractivity contribution in [2.45, 2.75) is 6.04 Å². The zero-order chi connectivity index (χ0) is 9.84. The Bertz CT molecular complexity index is 346. The van der Waals surface area contributed by atoms with Crippen LogP contribution in [0.1, 0.15) is 17.2 Å². The lowest BCUT2D eigenvalue weighted by Crippen LogP contribution is -2.14. The average molecular weight is 241 g/mol. The molecular weight excluding hydrogens is 232 g/mol. The predicted molar refractivity (Wildman–Crippen MR) is 52.9 cm³/mol. The molecule has 0 aromatic heterocycles. The molecule has 0 aliphatic carbocycles. The second-order valence-corrected chi connectivity index (χ2v) is 3.49. The SMILES string of the molecule is N#Cc1ccc(C(N)CO)c(Br)c1. The van der Waals surface area contributed by atoms with Gasteiger partial charge in [0.25, 0.3) is 0 Å². The summed E-state index contributed by atoms with van der Waals surface area (Å²) >= 11 is 3.29. The quantitative estimate of drug-likeness (QED) is 0.820. The Morgan fingerprint density at radius 3 is 2.77 bits per heavy atom. The fourth-order valence-corrected chi connectivity index (χ4v) is 1.67. The third-order valence-corrected chi connectivity index (χ3v) is 2.41. The molecule has 0 heterocycles. The molecule has 13 heavy (non-hydrogen) atoms. The first-order chi connectivity index (χ1) is 6.19. The molecule has 3 nitrogen and oxygen atoms in total. The summed E-state index contributed by atoms with van der Waals surface area (Å²) in [5, 5.41) is 17.4. The molecule has 4 heteroatoms. The Kier molecular flexibility index (Phi) is 3.43. The Labute approximate surface area is 84.9 Å². The lowest BCUT2D eigenvalue weighted by Gasteiger charge is -2.10. The van der Waals surface area contributed by atoms with E-state index < -0.39 is 6.04 Å². The number of hydrogen-bond acceptors (Lipinski definition) is 3. The molecule has 0 amide bonds. The molecule has 1 aromatic carbocycles. The van der Waals surface area contributed by atoms with Crippen LogP contribution in [0.15, 0.2) is 22.7 Å². The second-order valence-electron chi connectivity index (χ2n) is 2.64. The summed E-state index contributed by atoms with van der Waals surface area (Å²) in [5.74, 6) is 0. The van der Waals surface area contributed by atoms with Gasteiger partial charge in [-0.2, -0.15) is 5.26 Å². The van der Waals surface area contributed by atoms with Crippen LogP contribution in [0, 0.1) is 11.3 Å². The molecule has 3 N–H and O–H groups in total. The van der Waals surface area contributed by atoms with Crippen LogP contribution >= 0.6 is 15.9 Å². The van der Waals surface area contributed by atoms with Gasteiger partial charge in [0.15, 0.2) is 0 Å². The summed E-state index contributed by atoms with van der Waals surface area (Å²) in [6.45, 7) is -0.107. The summed E-state index contributed by atoms with van der Waals surface area (Å²) in [6, 6.07) is 6.72. The fourth-order valence-electron chi connectivity index (χ4n) is 0.996. The van der Waals surface area contributed by atoms with E-state index in [1.807, 2.05) is 6.07 Å². The normalized spacial score (nSPS) is 12.2. The molecule has 0 bridgehead atoms. The highest BCUT2D eigenvalue weighted by Gasteiger charge is 2.08. The molecule has 0 fully saturated rings. The summed E-state index contributed by atoms with van der Waals surface area (Å²) < 4.78 is 0.758. The van der Waals surface area contributed by atoms with Crippen LogP contribution in [0.3, 0.4) is 0 Å². The van der Waals surface area contributed by atoms with E-state index in [-0.39, 0.29) is 6.61 Å². The van der Waals surface area contributed by atoms with E-state index in [0.29, 0.717) is 5.56 Å². The highest BCUT2D eigenvalue weighted by Crippen LogP contribution is 2.22. The predicted octanol–water partition coefficient (Wildman–Crippen LogP) is 1.31. The number of nitriles is 1. The Balaban J connectivity index is 3.07. The first-order valence-electron chi connectivity index (χ1n) is 3.75. The van der Waals surface area contributed by atoms with E-state index in [2.05, 4.69) is 15.9 Å². The van der Waals surface area contributed by atoms with Gasteiger partial charge in [0, 0.05) is 4.47 Å². The molecule has 0 aliphatic rings. The van der Waals surface area contributed by atoms with E-state index in [4.69, 9.17) is 16.1 Å². The zero-order valence-corrected chi connectivity index (χ0v) is 8.45. The van der Waals surface area contributed by atoms with Crippen LogP contribution in [-0.4, -0.2) is 11.7 Å². The molecule has 0 radical (unpaired) electrons. The molecule has 0 spiro atoms. The number of benzene rings is 1. The Hall–Kier alpha value is -0.890. The third-order valence-electron chi connectivity index (χ3n) is 1.73. The Morgan fingerprint density at radius 2 is 2.31 bits per heavy atom. The van der Waals surface area contributed by atoms with Gasteiger partial charge in [-0.3, -0.25) is 0 Å². The third kappa shape index (κ3) is 2.28. The number of halogens is 1. The smallest absolute Gasteiger partial charge is 0.0992 e. The van der Waals surface area contributed by atoms with E-state index in [0.717, 1.165) is 10.0 Å². The van der Waals surface area contributed by atoms with Gasteiger partial charge in [-0.25, -0.2) is 0 Å². The van der Waals surface area contributed by atoms with E-state index in [9.17, 15) is 0 Å². The van der Waals surface area contributed by atoms with Crippen molar-refractivity contribution in [3.8, 4) is 6.07 Å². The van der Waals surface area contributed by atoms with Gasteiger partial charge in [0.05, 0.1) is 24.3 Å². The van der Waals surface area contributed by atoms with E-state index in [1.54, 1.807) is 18.2 Å². The molecule has 0 saturated heterocycles. The van der Waals surface area contributed by atoms with Crippen LogP contribution in [-0.2, 0) is 0 Å². The van der Waals surface area contributed by atoms with Crippen LogP contribution in [0.5, 0.6) is 0 Å². The van der Waals surface area contributed by atoms with Crippen LogP contribution < -0.4 is 5.73 Å². The van der Waals surface area contributed by atoms with Gasteiger partial charge in [0.2, 0.25) is 0 Å². The summed E-state index contributed by atoms with van der Waals surface area (Å²) in [4.78, 5) is 0. The highest BCUT2D eigenvalue weighted by molar-refractivity contribution is 9.10. The van der Waals surface area contributed by atoms with Crippen molar-refractivity contribution in [3.63, 3.8) is 0 Å². The van der Waals surface area contributed by atoms with Crippen LogP contribution in [0.2, 0.25) is 0 Å². The fraction of sp³-hybridized carbons (Fsp3) is 0.222. The maximum atomic E-state index is 8.83. The van der Waals surface area contributed by atoms with Crippen molar-refractivity contribution in [1.82, 2.24) is 0 Å². The Morgan fingerprint density at radius 1 is 1.62 bits per heavy atom. The summed E-state index contributed by atoms with van der Waals surface area (Å²) in [5.41, 5.74) is 7.00. The van der Waals surface area contributed by atoms with Gasteiger partial charge in [-0.15, -0.1) is 0 Å². The van der Waals surface area contributed by atoms with Crippen molar-refractivity contribution in [2.24, 2.45) is 5.73 Å². The van der Waals surface area contributed by atoms with Crippen molar-refractivity contribution in [2.75, 3.05) is 6.61 Å². The minimum Gasteiger partial charge on any atom is -0.394 e. The molecule has 68 valence electrons. The van der Waals surface area contributed by atoms with Crippen LogP contribution in [0.25, 0.3) is 0 Å². The molecule has 0 aliphatic heterocycles. The molecule has 0 saturated carbocycles. The molecule has 1 unspecified atom stereocenters. The van der Waals surface area contributed by atoms with E-state index in [1.165, 1.54) is 0 Å². The van der Waals surface area contributed by atoms with Crippen molar-refractivity contribution in [3.05, 3.63) is 33.8 Å². The summed E-state index contributed by atoms with van der Waals surface area (Å²) in [7, 11) is 0. The maximum Gasteiger partial charge on any atom is 0.0992 e. The standard InChI is InChI=1S/C9H9BrN2O/c10-8-3-6(4-11)1-2-7(8)9(12)5-13/h1-3,9,13H,5,12H2. The molecule has 1 aromatic rings. The van der Waals surface area contributed by atoms with Gasteiger partial charge in [0.1, 0.15) is 0 Å². The van der Waals surface area contributed by atoms with Gasteiger partial charge >= 0.3 is 0 Å². The van der Waals surface area contributed by atoms with Gasteiger partial charge in [-0.05, 0) is 17.7 Å². The lowest BCUT2D eigenvalue weighted by atomic mass is 10.1. The number of rotatable bonds is 2. The number of aliphatic hydroxyl groups is 1. The average Bonchev–Trinajstić information content (AvgIpc) is 2.16. The number of nitrogens with two attached hydrogens (primary N) is 1. The van der Waals surface area contributed by atoms with Gasteiger partial charge in [-0.1, -0.05) is 22.0 Å². The van der Waals surface area contributed by atoms with Crippen LogP contribution in [0.4, 0.5) is 0 Å². The zero-order valence-electron chi connectivity index (χ0n) is 6.87. The van der Waals surface area contributed by atoms with Gasteiger partial charge < -0.3 is 10.8 Å². The molecule has 1 rings (SSSR count). The first kappa shape index (κ1) is 10.2.